The number of anilines is 1. The lowest BCUT2D eigenvalue weighted by molar-refractivity contribution is 0.0701. The minimum atomic E-state index is -0.894. The van der Waals surface area contributed by atoms with Gasteiger partial charge in [0, 0.05) is 13.1 Å². The van der Waals surface area contributed by atoms with Crippen LogP contribution in [0.1, 0.15) is 34.6 Å². The number of nitrogens with one attached hydrogen (secondary N) is 1. The molecule has 1 aliphatic heterocycles. The molecule has 6 heteroatoms. The zero-order chi connectivity index (χ0) is 13.0. The van der Waals surface area contributed by atoms with Crippen molar-refractivity contribution in [2.24, 2.45) is 0 Å². The van der Waals surface area contributed by atoms with Crippen molar-refractivity contribution < 1.29 is 9.90 Å². The van der Waals surface area contributed by atoms with E-state index in [1.807, 2.05) is 0 Å². The van der Waals surface area contributed by atoms with Crippen LogP contribution < -0.4 is 5.32 Å². The highest BCUT2D eigenvalue weighted by Crippen LogP contribution is 2.22. The number of thiazole rings is 1. The molecule has 2 rings (SSSR count). The molecule has 2 N–H and O–H groups in total. The van der Waals surface area contributed by atoms with Crippen molar-refractivity contribution in [3.8, 4) is 0 Å². The van der Waals surface area contributed by atoms with Crippen LogP contribution in [0.15, 0.2) is 0 Å². The number of aromatic carboxylic acids is 1. The summed E-state index contributed by atoms with van der Waals surface area (Å²) >= 11 is 1.21. The van der Waals surface area contributed by atoms with Gasteiger partial charge < -0.3 is 15.3 Å². The minimum Gasteiger partial charge on any atom is -0.477 e. The fourth-order valence-electron chi connectivity index (χ4n) is 2.17. The number of aryl methyl sites for hydroxylation is 1. The first-order chi connectivity index (χ1) is 8.66. The van der Waals surface area contributed by atoms with E-state index in [4.69, 9.17) is 5.11 Å². The summed E-state index contributed by atoms with van der Waals surface area (Å²) < 4.78 is 0. The Hall–Kier alpha value is -1.14. The number of piperidine rings is 1. The predicted octanol–water partition coefficient (Wildman–Crippen LogP) is 2.05. The van der Waals surface area contributed by atoms with E-state index in [9.17, 15) is 4.79 Å². The van der Waals surface area contributed by atoms with Crippen LogP contribution in [-0.2, 0) is 0 Å². The van der Waals surface area contributed by atoms with Crippen molar-refractivity contribution in [3.05, 3.63) is 10.6 Å². The third-order valence-corrected chi connectivity index (χ3v) is 4.25. The van der Waals surface area contributed by atoms with Gasteiger partial charge in [0.15, 0.2) is 5.13 Å². The molecule has 100 valence electrons. The molecule has 1 aliphatic rings. The van der Waals surface area contributed by atoms with Crippen LogP contribution >= 0.6 is 11.3 Å². The summed E-state index contributed by atoms with van der Waals surface area (Å²) in [5.74, 6) is -0.894. The van der Waals surface area contributed by atoms with Crippen LogP contribution in [0, 0.1) is 6.92 Å². The molecule has 0 bridgehead atoms. The highest BCUT2D eigenvalue weighted by Gasteiger charge is 2.14. The van der Waals surface area contributed by atoms with E-state index in [0.29, 0.717) is 15.7 Å². The van der Waals surface area contributed by atoms with Gasteiger partial charge in [0.25, 0.3) is 0 Å². The largest absolute Gasteiger partial charge is 0.477 e. The van der Waals surface area contributed by atoms with Crippen molar-refractivity contribution in [2.45, 2.75) is 26.2 Å². The first-order valence-electron chi connectivity index (χ1n) is 6.34. The highest BCUT2D eigenvalue weighted by molar-refractivity contribution is 7.17. The van der Waals surface area contributed by atoms with Gasteiger partial charge in [-0.25, -0.2) is 9.78 Å². The predicted molar refractivity (Wildman–Crippen MR) is 72.6 cm³/mol. The first-order valence-corrected chi connectivity index (χ1v) is 7.15. The van der Waals surface area contributed by atoms with E-state index >= 15 is 0 Å². The Morgan fingerprint density at radius 2 is 2.17 bits per heavy atom. The Bertz CT molecular complexity index is 413. The lowest BCUT2D eigenvalue weighted by Crippen LogP contribution is -2.33. The average Bonchev–Trinajstić information content (AvgIpc) is 2.72. The Kier molecular flexibility index (Phi) is 4.54. The molecule has 0 spiro atoms. The van der Waals surface area contributed by atoms with E-state index in [1.165, 1.54) is 43.7 Å². The molecular formula is C12H19N3O2S. The van der Waals surface area contributed by atoms with Gasteiger partial charge in [-0.05, 0) is 32.9 Å². The molecule has 0 unspecified atom stereocenters. The monoisotopic (exact) mass is 269 g/mol. The number of carbonyl (C=O) groups is 1. The summed E-state index contributed by atoms with van der Waals surface area (Å²) in [5, 5.41) is 12.9. The third kappa shape index (κ3) is 3.43. The van der Waals surface area contributed by atoms with Gasteiger partial charge in [-0.15, -0.1) is 0 Å². The summed E-state index contributed by atoms with van der Waals surface area (Å²) in [6.07, 6.45) is 3.93. The molecule has 1 aromatic heterocycles. The van der Waals surface area contributed by atoms with Crippen molar-refractivity contribution in [1.29, 1.82) is 0 Å². The van der Waals surface area contributed by atoms with Gasteiger partial charge in [0.05, 0.1) is 5.69 Å². The van der Waals surface area contributed by atoms with E-state index in [1.54, 1.807) is 6.92 Å². The number of nitrogens with zero attached hydrogens (tertiary/aromatic N) is 2. The number of rotatable bonds is 5. The van der Waals surface area contributed by atoms with Crippen LogP contribution in [0.2, 0.25) is 0 Å². The Balaban J connectivity index is 1.79. The third-order valence-electron chi connectivity index (χ3n) is 3.14. The number of carboxylic acids is 1. The zero-order valence-corrected chi connectivity index (χ0v) is 11.4. The second kappa shape index (κ2) is 6.15. The van der Waals surface area contributed by atoms with Gasteiger partial charge in [-0.2, -0.15) is 0 Å². The second-order valence-corrected chi connectivity index (χ2v) is 5.57. The normalized spacial score (nSPS) is 16.7. The van der Waals surface area contributed by atoms with Crippen LogP contribution in [0.5, 0.6) is 0 Å². The smallest absolute Gasteiger partial charge is 0.347 e. The molecule has 0 amide bonds. The quantitative estimate of drug-likeness (QED) is 0.856. The van der Waals surface area contributed by atoms with Crippen molar-refractivity contribution in [2.75, 3.05) is 31.5 Å². The summed E-state index contributed by atoms with van der Waals surface area (Å²) in [6, 6.07) is 0. The van der Waals surface area contributed by atoms with E-state index in [0.717, 1.165) is 13.1 Å². The Labute approximate surface area is 111 Å². The standard InChI is InChI=1S/C12H19N3O2S/c1-9-10(11(16)17)18-12(14-9)13-5-8-15-6-3-2-4-7-15/h2-8H2,1H3,(H,13,14)(H,16,17). The molecule has 0 atom stereocenters. The molecule has 0 aliphatic carbocycles. The Morgan fingerprint density at radius 3 is 2.78 bits per heavy atom. The minimum absolute atomic E-state index is 0.329. The second-order valence-electron chi connectivity index (χ2n) is 4.57. The maximum Gasteiger partial charge on any atom is 0.347 e. The number of carboxylic acid groups (broad SMARTS) is 1. The van der Waals surface area contributed by atoms with Gasteiger partial charge in [0.1, 0.15) is 4.88 Å². The Morgan fingerprint density at radius 1 is 1.44 bits per heavy atom. The lowest BCUT2D eigenvalue weighted by atomic mass is 10.1. The van der Waals surface area contributed by atoms with Gasteiger partial charge in [-0.3, -0.25) is 0 Å². The van der Waals surface area contributed by atoms with Gasteiger partial charge >= 0.3 is 5.97 Å². The number of hydrogen-bond donors (Lipinski definition) is 2. The fourth-order valence-corrected chi connectivity index (χ4v) is 3.01. The van der Waals surface area contributed by atoms with Crippen LogP contribution in [-0.4, -0.2) is 47.1 Å². The summed E-state index contributed by atoms with van der Waals surface area (Å²) in [7, 11) is 0. The zero-order valence-electron chi connectivity index (χ0n) is 10.6. The summed E-state index contributed by atoms with van der Waals surface area (Å²) in [6.45, 7) is 5.92. The highest BCUT2D eigenvalue weighted by atomic mass is 32.1. The SMILES string of the molecule is Cc1nc(NCCN2CCCCC2)sc1C(=O)O. The molecule has 0 aromatic carbocycles. The molecule has 5 nitrogen and oxygen atoms in total. The molecule has 0 saturated carbocycles. The summed E-state index contributed by atoms with van der Waals surface area (Å²) in [4.78, 5) is 17.9. The maximum absolute atomic E-state index is 10.9. The van der Waals surface area contributed by atoms with Crippen molar-refractivity contribution in [3.63, 3.8) is 0 Å². The van der Waals surface area contributed by atoms with Crippen molar-refractivity contribution in [1.82, 2.24) is 9.88 Å². The van der Waals surface area contributed by atoms with Crippen molar-refractivity contribution >= 4 is 22.4 Å². The van der Waals surface area contributed by atoms with E-state index < -0.39 is 5.97 Å². The molecular weight excluding hydrogens is 250 g/mol. The summed E-state index contributed by atoms with van der Waals surface area (Å²) in [5.41, 5.74) is 0.591. The number of likely N-dealkylation sites (tertiary alicyclic amines) is 1. The molecule has 1 saturated heterocycles. The average molecular weight is 269 g/mol. The maximum atomic E-state index is 10.9. The fraction of sp³-hybridized carbons (Fsp3) is 0.667. The first kappa shape index (κ1) is 13.3. The van der Waals surface area contributed by atoms with Crippen LogP contribution in [0.4, 0.5) is 5.13 Å². The lowest BCUT2D eigenvalue weighted by Gasteiger charge is -2.26. The van der Waals surface area contributed by atoms with E-state index in [-0.39, 0.29) is 0 Å². The molecule has 1 aromatic rings. The number of hydrogen-bond acceptors (Lipinski definition) is 5. The molecule has 2 heterocycles. The van der Waals surface area contributed by atoms with E-state index in [2.05, 4.69) is 15.2 Å². The molecule has 18 heavy (non-hydrogen) atoms. The van der Waals surface area contributed by atoms with Gasteiger partial charge in [-0.1, -0.05) is 17.8 Å². The molecule has 1 fully saturated rings. The van der Waals surface area contributed by atoms with Gasteiger partial charge in [0.2, 0.25) is 0 Å². The van der Waals surface area contributed by atoms with Crippen LogP contribution in [0.25, 0.3) is 0 Å². The molecule has 0 radical (unpaired) electrons. The topological polar surface area (TPSA) is 65.5 Å². The number of aromatic nitrogens is 1. The van der Waals surface area contributed by atoms with Crippen LogP contribution in [0.3, 0.4) is 0 Å².